The van der Waals surface area contributed by atoms with Crippen molar-refractivity contribution in [3.63, 3.8) is 0 Å². The molecule has 0 saturated heterocycles. The lowest BCUT2D eigenvalue weighted by molar-refractivity contribution is 0.544. The molecule has 3 aromatic heterocycles. The average molecular weight is 332 g/mol. The molecular formula is C19H20N6. The van der Waals surface area contributed by atoms with Gasteiger partial charge in [-0.2, -0.15) is 10.2 Å². The van der Waals surface area contributed by atoms with Crippen molar-refractivity contribution in [3.8, 4) is 0 Å². The number of H-pyrrole nitrogens is 1. The van der Waals surface area contributed by atoms with Crippen LogP contribution in [0.15, 0.2) is 36.5 Å². The number of nitrogens with zero attached hydrogens (tertiary/aromatic N) is 4. The van der Waals surface area contributed by atoms with Gasteiger partial charge in [0.2, 0.25) is 0 Å². The molecule has 1 aliphatic rings. The Bertz CT molecular complexity index is 1070. The van der Waals surface area contributed by atoms with Crippen LogP contribution < -0.4 is 5.32 Å². The van der Waals surface area contributed by atoms with Crippen LogP contribution in [-0.4, -0.2) is 25.0 Å². The Morgan fingerprint density at radius 1 is 1.20 bits per heavy atom. The largest absolute Gasteiger partial charge is 0.340 e. The van der Waals surface area contributed by atoms with E-state index in [1.807, 2.05) is 12.1 Å². The van der Waals surface area contributed by atoms with Gasteiger partial charge in [-0.3, -0.25) is 9.78 Å². The lowest BCUT2D eigenvalue weighted by Gasteiger charge is -2.09. The summed E-state index contributed by atoms with van der Waals surface area (Å²) in [5.41, 5.74) is 4.18. The van der Waals surface area contributed by atoms with Crippen molar-refractivity contribution >= 4 is 33.4 Å². The normalized spacial score (nSPS) is 14.7. The van der Waals surface area contributed by atoms with Crippen LogP contribution in [0.2, 0.25) is 0 Å². The number of nitrogens with one attached hydrogen (secondary N) is 2. The lowest BCUT2D eigenvalue weighted by Crippen LogP contribution is -2.03. The lowest BCUT2D eigenvalue weighted by atomic mass is 10.1. The van der Waals surface area contributed by atoms with Gasteiger partial charge in [-0.25, -0.2) is 4.98 Å². The number of aromatic nitrogens is 5. The number of hydrogen-bond donors (Lipinski definition) is 2. The second-order valence-electron chi connectivity index (χ2n) is 7.03. The van der Waals surface area contributed by atoms with Gasteiger partial charge >= 0.3 is 0 Å². The van der Waals surface area contributed by atoms with Gasteiger partial charge in [0, 0.05) is 29.2 Å². The molecule has 5 rings (SSSR count). The van der Waals surface area contributed by atoms with Crippen LogP contribution in [0.4, 0.5) is 11.5 Å². The molecule has 1 saturated carbocycles. The summed E-state index contributed by atoms with van der Waals surface area (Å²) in [6.45, 7) is 4.36. The Balaban J connectivity index is 1.59. The topological polar surface area (TPSA) is 71.4 Å². The second kappa shape index (κ2) is 5.31. The fourth-order valence-corrected chi connectivity index (χ4v) is 3.38. The molecule has 0 aliphatic heterocycles. The van der Waals surface area contributed by atoms with Gasteiger partial charge in [0.05, 0.1) is 16.6 Å². The van der Waals surface area contributed by atoms with Crippen molar-refractivity contribution in [1.29, 1.82) is 0 Å². The maximum atomic E-state index is 4.90. The van der Waals surface area contributed by atoms with Crippen LogP contribution in [-0.2, 0) is 0 Å². The van der Waals surface area contributed by atoms with E-state index in [0.717, 1.165) is 16.9 Å². The van der Waals surface area contributed by atoms with E-state index in [0.29, 0.717) is 17.6 Å². The summed E-state index contributed by atoms with van der Waals surface area (Å²) >= 11 is 0. The van der Waals surface area contributed by atoms with Gasteiger partial charge in [-0.15, -0.1) is 0 Å². The Morgan fingerprint density at radius 3 is 2.88 bits per heavy atom. The van der Waals surface area contributed by atoms with Crippen molar-refractivity contribution in [2.45, 2.75) is 38.6 Å². The number of anilines is 2. The van der Waals surface area contributed by atoms with Gasteiger partial charge in [0.1, 0.15) is 5.82 Å². The zero-order valence-electron chi connectivity index (χ0n) is 14.3. The molecule has 0 radical (unpaired) electrons. The molecular weight excluding hydrogens is 312 g/mol. The maximum absolute atomic E-state index is 4.90. The molecule has 25 heavy (non-hydrogen) atoms. The molecule has 126 valence electrons. The van der Waals surface area contributed by atoms with E-state index in [1.165, 1.54) is 29.4 Å². The molecule has 2 N–H and O–H groups in total. The SMILES string of the molecule is CC(C)n1nc(C2CC2)c2ccc(Nc3[nH]nc4ncccc34)cc21. The Kier molecular flexibility index (Phi) is 3.07. The average Bonchev–Trinajstić information content (AvgIpc) is 3.27. The first-order valence-corrected chi connectivity index (χ1v) is 8.79. The highest BCUT2D eigenvalue weighted by Crippen LogP contribution is 2.43. The first kappa shape index (κ1) is 14.5. The van der Waals surface area contributed by atoms with E-state index in [4.69, 9.17) is 5.10 Å². The van der Waals surface area contributed by atoms with E-state index in [-0.39, 0.29) is 0 Å². The second-order valence-corrected chi connectivity index (χ2v) is 7.03. The van der Waals surface area contributed by atoms with Crippen molar-refractivity contribution in [2.75, 3.05) is 5.32 Å². The predicted molar refractivity (Wildman–Crippen MR) is 99.3 cm³/mol. The van der Waals surface area contributed by atoms with Gasteiger partial charge in [-0.1, -0.05) is 0 Å². The molecule has 0 bridgehead atoms. The van der Waals surface area contributed by atoms with Crippen LogP contribution in [0.5, 0.6) is 0 Å². The number of pyridine rings is 1. The van der Waals surface area contributed by atoms with Crippen molar-refractivity contribution in [2.24, 2.45) is 0 Å². The molecule has 6 heteroatoms. The van der Waals surface area contributed by atoms with E-state index in [9.17, 15) is 0 Å². The monoisotopic (exact) mass is 332 g/mol. The standard InChI is InChI=1S/C19H20N6/c1-11(2)25-16-10-13(7-8-14(16)17(24-25)12-5-6-12)21-19-15-4-3-9-20-18(15)22-23-19/h3-4,7-12H,5-6H2,1-2H3,(H2,20,21,22,23). The minimum atomic E-state index is 0.336. The van der Waals surface area contributed by atoms with Crippen molar-refractivity contribution < 1.29 is 0 Å². The van der Waals surface area contributed by atoms with Crippen LogP contribution in [0.1, 0.15) is 44.3 Å². The number of rotatable bonds is 4. The number of fused-ring (bicyclic) bond motifs is 2. The van der Waals surface area contributed by atoms with Gasteiger partial charge in [0.15, 0.2) is 5.65 Å². The van der Waals surface area contributed by atoms with Crippen LogP contribution in [0, 0.1) is 0 Å². The number of aromatic amines is 1. The van der Waals surface area contributed by atoms with Gasteiger partial charge in [-0.05, 0) is 57.0 Å². The summed E-state index contributed by atoms with van der Waals surface area (Å²) in [4.78, 5) is 4.26. The van der Waals surface area contributed by atoms with E-state index in [2.05, 4.69) is 57.2 Å². The zero-order chi connectivity index (χ0) is 17.0. The molecule has 3 heterocycles. The minimum Gasteiger partial charge on any atom is -0.340 e. The third-order valence-electron chi connectivity index (χ3n) is 4.79. The first-order valence-electron chi connectivity index (χ1n) is 8.79. The predicted octanol–water partition coefficient (Wildman–Crippen LogP) is 4.51. The zero-order valence-corrected chi connectivity index (χ0v) is 14.3. The molecule has 0 amide bonds. The van der Waals surface area contributed by atoms with Crippen LogP contribution in [0.3, 0.4) is 0 Å². The highest BCUT2D eigenvalue weighted by atomic mass is 15.3. The minimum absolute atomic E-state index is 0.336. The molecule has 1 aromatic carbocycles. The van der Waals surface area contributed by atoms with Crippen molar-refractivity contribution in [3.05, 3.63) is 42.2 Å². The summed E-state index contributed by atoms with van der Waals surface area (Å²) in [6, 6.07) is 10.7. The maximum Gasteiger partial charge on any atom is 0.183 e. The Labute approximate surface area is 145 Å². The number of benzene rings is 1. The van der Waals surface area contributed by atoms with Crippen LogP contribution >= 0.6 is 0 Å². The van der Waals surface area contributed by atoms with E-state index in [1.54, 1.807) is 6.20 Å². The summed E-state index contributed by atoms with van der Waals surface area (Å²) in [7, 11) is 0. The van der Waals surface area contributed by atoms with Crippen LogP contribution in [0.25, 0.3) is 21.9 Å². The fraction of sp³-hybridized carbons (Fsp3) is 0.316. The van der Waals surface area contributed by atoms with Gasteiger partial charge < -0.3 is 5.32 Å². The van der Waals surface area contributed by atoms with Crippen molar-refractivity contribution in [1.82, 2.24) is 25.0 Å². The first-order chi connectivity index (χ1) is 12.2. The summed E-state index contributed by atoms with van der Waals surface area (Å²) < 4.78 is 2.14. The van der Waals surface area contributed by atoms with E-state index < -0.39 is 0 Å². The number of hydrogen-bond acceptors (Lipinski definition) is 4. The summed E-state index contributed by atoms with van der Waals surface area (Å²) in [6.07, 6.45) is 4.27. The molecule has 0 atom stereocenters. The molecule has 1 aliphatic carbocycles. The fourth-order valence-electron chi connectivity index (χ4n) is 3.38. The summed E-state index contributed by atoms with van der Waals surface area (Å²) in [5, 5.41) is 17.9. The highest BCUT2D eigenvalue weighted by molar-refractivity contribution is 5.91. The van der Waals surface area contributed by atoms with Gasteiger partial charge in [0.25, 0.3) is 0 Å². The third-order valence-corrected chi connectivity index (χ3v) is 4.79. The molecule has 0 unspecified atom stereocenters. The Hall–Kier alpha value is -2.89. The highest BCUT2D eigenvalue weighted by Gasteiger charge is 2.29. The Morgan fingerprint density at radius 2 is 2.08 bits per heavy atom. The quantitative estimate of drug-likeness (QED) is 0.577. The third kappa shape index (κ3) is 2.36. The molecule has 6 nitrogen and oxygen atoms in total. The summed E-state index contributed by atoms with van der Waals surface area (Å²) in [5.74, 6) is 1.50. The molecule has 4 aromatic rings. The molecule has 1 fully saturated rings. The molecule has 0 spiro atoms. The van der Waals surface area contributed by atoms with E-state index >= 15 is 0 Å². The smallest absolute Gasteiger partial charge is 0.183 e.